The lowest BCUT2D eigenvalue weighted by molar-refractivity contribution is -0.159. The highest BCUT2D eigenvalue weighted by molar-refractivity contribution is 5.72. The molecule has 0 saturated heterocycles. The van der Waals surface area contributed by atoms with Gasteiger partial charge in [-0.05, 0) is 50.6 Å². The highest BCUT2D eigenvalue weighted by atomic mass is 16.5. The number of anilines is 1. The largest absolute Gasteiger partial charge is 0.492 e. The molecule has 3 rings (SSSR count). The number of carboxylic acid groups (broad SMARTS) is 1. The van der Waals surface area contributed by atoms with E-state index in [4.69, 9.17) is 14.2 Å². The summed E-state index contributed by atoms with van der Waals surface area (Å²) in [6.07, 6.45) is -0.555. The number of fused-ring (bicyclic) bond motifs is 1. The zero-order valence-electron chi connectivity index (χ0n) is 17.3. The van der Waals surface area contributed by atoms with E-state index < -0.39 is 17.7 Å². The maximum absolute atomic E-state index is 11.5. The Bertz CT molecular complexity index is 813. The second kappa shape index (κ2) is 9.18. The van der Waals surface area contributed by atoms with Crippen molar-refractivity contribution in [1.29, 1.82) is 0 Å². The maximum atomic E-state index is 11.5. The van der Waals surface area contributed by atoms with Crippen molar-refractivity contribution in [1.82, 2.24) is 0 Å². The van der Waals surface area contributed by atoms with E-state index in [0.717, 1.165) is 35.8 Å². The quantitative estimate of drug-likeness (QED) is 0.729. The second-order valence-corrected chi connectivity index (χ2v) is 8.06. The molecule has 1 heterocycles. The summed E-state index contributed by atoms with van der Waals surface area (Å²) in [7, 11) is 0. The fraction of sp³-hybridized carbons (Fsp3) is 0.435. The number of rotatable bonds is 8. The normalized spacial score (nSPS) is 14.7. The molecule has 0 spiro atoms. The number of hydrogen-bond acceptors (Lipinski definition) is 5. The third-order valence-electron chi connectivity index (χ3n) is 4.57. The summed E-state index contributed by atoms with van der Waals surface area (Å²) in [4.78, 5) is 13.7. The first kappa shape index (κ1) is 21.0. The van der Waals surface area contributed by atoms with Crippen molar-refractivity contribution in [3.05, 3.63) is 54.1 Å². The molecule has 2 aromatic carbocycles. The first-order valence-corrected chi connectivity index (χ1v) is 9.91. The summed E-state index contributed by atoms with van der Waals surface area (Å²) >= 11 is 0. The van der Waals surface area contributed by atoms with E-state index in [-0.39, 0.29) is 0 Å². The van der Waals surface area contributed by atoms with Crippen LogP contribution in [0.25, 0.3) is 0 Å². The van der Waals surface area contributed by atoms with Gasteiger partial charge >= 0.3 is 5.97 Å². The molecule has 0 unspecified atom stereocenters. The average Bonchev–Trinajstić information content (AvgIpc) is 2.68. The van der Waals surface area contributed by atoms with Crippen molar-refractivity contribution in [2.24, 2.45) is 0 Å². The first-order valence-electron chi connectivity index (χ1n) is 9.91. The van der Waals surface area contributed by atoms with Crippen molar-refractivity contribution >= 4 is 11.7 Å². The van der Waals surface area contributed by atoms with Gasteiger partial charge in [0.1, 0.15) is 24.7 Å². The lowest BCUT2D eigenvalue weighted by Crippen LogP contribution is -2.35. The SMILES string of the molecule is CC(C)(C)O[C@@H](Cc1ccc(OCCN2CCOc3ccccc32)cc1)C(=O)O. The molecule has 0 fully saturated rings. The topological polar surface area (TPSA) is 68.2 Å². The van der Waals surface area contributed by atoms with Crippen molar-refractivity contribution in [2.45, 2.75) is 38.9 Å². The predicted molar refractivity (Wildman–Crippen MR) is 112 cm³/mol. The number of aliphatic carboxylic acids is 1. The van der Waals surface area contributed by atoms with E-state index in [1.54, 1.807) is 0 Å². The maximum Gasteiger partial charge on any atom is 0.333 e. The van der Waals surface area contributed by atoms with E-state index in [1.165, 1.54) is 0 Å². The summed E-state index contributed by atoms with van der Waals surface area (Å²) in [6.45, 7) is 8.39. The minimum absolute atomic E-state index is 0.317. The van der Waals surface area contributed by atoms with Gasteiger partial charge in [0, 0.05) is 6.42 Å². The molecule has 6 heteroatoms. The summed E-state index contributed by atoms with van der Waals surface area (Å²) in [5, 5.41) is 9.40. The molecule has 0 aromatic heterocycles. The fourth-order valence-electron chi connectivity index (χ4n) is 3.27. The Morgan fingerprint density at radius 2 is 1.90 bits per heavy atom. The van der Waals surface area contributed by atoms with Gasteiger partial charge in [-0.15, -0.1) is 0 Å². The van der Waals surface area contributed by atoms with Crippen LogP contribution in [0.3, 0.4) is 0 Å². The van der Waals surface area contributed by atoms with Gasteiger partial charge in [0.2, 0.25) is 0 Å². The number of carboxylic acids is 1. The standard InChI is InChI=1S/C23H29NO5/c1-23(2,3)29-21(22(25)26)16-17-8-10-18(11-9-17)27-14-12-24-13-15-28-20-7-5-4-6-19(20)24/h4-11,21H,12-16H2,1-3H3,(H,25,26)/t21-/m0/s1. The molecule has 1 aliphatic heterocycles. The highest BCUT2D eigenvalue weighted by Crippen LogP contribution is 2.30. The van der Waals surface area contributed by atoms with Crippen molar-refractivity contribution in [2.75, 3.05) is 31.2 Å². The lowest BCUT2D eigenvalue weighted by Gasteiger charge is -2.31. The molecule has 0 bridgehead atoms. The van der Waals surface area contributed by atoms with E-state index in [1.807, 2.05) is 63.2 Å². The van der Waals surface area contributed by atoms with Crippen molar-refractivity contribution < 1.29 is 24.1 Å². The Morgan fingerprint density at radius 1 is 1.17 bits per heavy atom. The number of benzene rings is 2. The highest BCUT2D eigenvalue weighted by Gasteiger charge is 2.25. The molecule has 0 amide bonds. The molecule has 0 saturated carbocycles. The van der Waals surface area contributed by atoms with Crippen LogP contribution in [-0.4, -0.2) is 49.1 Å². The van der Waals surface area contributed by atoms with Crippen LogP contribution >= 0.6 is 0 Å². The van der Waals surface area contributed by atoms with Crippen LogP contribution in [-0.2, 0) is 16.0 Å². The molecular formula is C23H29NO5. The first-order chi connectivity index (χ1) is 13.8. The smallest absolute Gasteiger partial charge is 0.333 e. The molecule has 0 aliphatic carbocycles. The minimum atomic E-state index is -0.953. The number of para-hydroxylation sites is 2. The monoisotopic (exact) mass is 399 g/mol. The molecule has 2 aromatic rings. The van der Waals surface area contributed by atoms with Crippen LogP contribution in [0, 0.1) is 0 Å². The number of hydrogen-bond donors (Lipinski definition) is 1. The number of ether oxygens (including phenoxy) is 3. The van der Waals surface area contributed by atoms with Gasteiger partial charge in [-0.1, -0.05) is 24.3 Å². The third kappa shape index (κ3) is 6.12. The van der Waals surface area contributed by atoms with Gasteiger partial charge in [0.25, 0.3) is 0 Å². The molecule has 1 aliphatic rings. The number of nitrogens with zero attached hydrogens (tertiary/aromatic N) is 1. The third-order valence-corrected chi connectivity index (χ3v) is 4.57. The van der Waals surface area contributed by atoms with Crippen molar-refractivity contribution in [3.8, 4) is 11.5 Å². The number of carbonyl (C=O) groups is 1. The Labute approximate surface area is 172 Å². The Morgan fingerprint density at radius 3 is 2.59 bits per heavy atom. The Hall–Kier alpha value is -2.73. The molecule has 6 nitrogen and oxygen atoms in total. The molecule has 1 N–H and O–H groups in total. The van der Waals surface area contributed by atoms with Gasteiger partial charge in [0.05, 0.1) is 24.4 Å². The zero-order chi connectivity index (χ0) is 20.9. The zero-order valence-corrected chi connectivity index (χ0v) is 17.3. The van der Waals surface area contributed by atoms with Gasteiger partial charge < -0.3 is 24.2 Å². The summed E-state index contributed by atoms with van der Waals surface area (Å²) < 4.78 is 17.2. The Kier molecular flexibility index (Phi) is 6.64. The van der Waals surface area contributed by atoms with Crippen LogP contribution in [0.4, 0.5) is 5.69 Å². The average molecular weight is 399 g/mol. The van der Waals surface area contributed by atoms with Gasteiger partial charge in [-0.2, -0.15) is 0 Å². The Balaban J connectivity index is 1.51. The lowest BCUT2D eigenvalue weighted by atomic mass is 10.1. The van der Waals surface area contributed by atoms with Crippen LogP contribution in [0.5, 0.6) is 11.5 Å². The van der Waals surface area contributed by atoms with Gasteiger partial charge in [-0.3, -0.25) is 0 Å². The van der Waals surface area contributed by atoms with E-state index in [9.17, 15) is 9.90 Å². The van der Waals surface area contributed by atoms with Crippen LogP contribution in [0.2, 0.25) is 0 Å². The van der Waals surface area contributed by atoms with Crippen LogP contribution < -0.4 is 14.4 Å². The summed E-state index contributed by atoms with van der Waals surface area (Å²) in [5.74, 6) is 0.721. The second-order valence-electron chi connectivity index (χ2n) is 8.06. The van der Waals surface area contributed by atoms with Crippen LogP contribution in [0.15, 0.2) is 48.5 Å². The molecule has 0 radical (unpaired) electrons. The predicted octanol–water partition coefficient (Wildman–Crippen LogP) is 3.78. The summed E-state index contributed by atoms with van der Waals surface area (Å²) in [5.41, 5.74) is 1.48. The van der Waals surface area contributed by atoms with Crippen molar-refractivity contribution in [3.63, 3.8) is 0 Å². The molecule has 156 valence electrons. The van der Waals surface area contributed by atoms with E-state index >= 15 is 0 Å². The van der Waals surface area contributed by atoms with Crippen LogP contribution in [0.1, 0.15) is 26.3 Å². The summed E-state index contributed by atoms with van der Waals surface area (Å²) in [6, 6.07) is 15.5. The molecular weight excluding hydrogens is 370 g/mol. The van der Waals surface area contributed by atoms with E-state index in [2.05, 4.69) is 11.0 Å². The molecule has 29 heavy (non-hydrogen) atoms. The minimum Gasteiger partial charge on any atom is -0.492 e. The van der Waals surface area contributed by atoms with E-state index in [0.29, 0.717) is 19.6 Å². The van der Waals surface area contributed by atoms with Gasteiger partial charge in [0.15, 0.2) is 6.10 Å². The fourth-order valence-corrected chi connectivity index (χ4v) is 3.27. The molecule has 1 atom stereocenters. The van der Waals surface area contributed by atoms with Gasteiger partial charge in [-0.25, -0.2) is 4.79 Å².